The number of carbonyl (C=O) groups is 3. The number of aryl methyl sites for hydroxylation is 1. The van der Waals surface area contributed by atoms with E-state index in [1.54, 1.807) is 24.3 Å². The van der Waals surface area contributed by atoms with Gasteiger partial charge in [0.25, 0.3) is 0 Å². The van der Waals surface area contributed by atoms with Crippen LogP contribution in [0.4, 0.5) is 5.69 Å². The Morgan fingerprint density at radius 2 is 1.68 bits per heavy atom. The van der Waals surface area contributed by atoms with Crippen molar-refractivity contribution in [3.8, 4) is 5.75 Å². The first-order valence-electron chi connectivity index (χ1n) is 11.3. The zero-order valence-electron chi connectivity index (χ0n) is 19.6. The van der Waals surface area contributed by atoms with Gasteiger partial charge in [-0.05, 0) is 59.2 Å². The molecule has 0 aliphatic carbocycles. The molecular weight excluding hydrogens is 513 g/mol. The normalized spacial score (nSPS) is 10.9. The highest BCUT2D eigenvalue weighted by Crippen LogP contribution is 2.29. The highest BCUT2D eigenvalue weighted by molar-refractivity contribution is 6.39. The highest BCUT2D eigenvalue weighted by Gasteiger charge is 2.17. The van der Waals surface area contributed by atoms with Crippen LogP contribution in [0.15, 0.2) is 84.0 Å². The van der Waals surface area contributed by atoms with Crippen LogP contribution in [0, 0.1) is 0 Å². The Bertz CT molecular complexity index is 1520. The van der Waals surface area contributed by atoms with Gasteiger partial charge < -0.3 is 10.1 Å². The number of halogens is 2. The number of esters is 1. The lowest BCUT2D eigenvalue weighted by Gasteiger charge is -2.11. The Morgan fingerprint density at radius 1 is 0.919 bits per heavy atom. The molecule has 7 nitrogen and oxygen atoms in total. The number of hydrogen-bond acceptors (Lipinski definition) is 5. The molecule has 2 N–H and O–H groups in total. The molecule has 4 rings (SSSR count). The van der Waals surface area contributed by atoms with Crippen LogP contribution in [-0.2, 0) is 16.0 Å². The minimum absolute atomic E-state index is 0.138. The van der Waals surface area contributed by atoms with Crippen molar-refractivity contribution in [2.75, 3.05) is 5.32 Å². The van der Waals surface area contributed by atoms with Crippen LogP contribution in [0.5, 0.6) is 5.75 Å². The number of carbonyl (C=O) groups excluding carboxylic acids is 3. The SMILES string of the molecule is CCc1ccc(NC(=O)C(=O)N/N=C\c2c(OC(=O)c3ccc(Cl)cc3Cl)ccc3ccccc23)cc1. The number of rotatable bonds is 6. The maximum absolute atomic E-state index is 12.8. The second kappa shape index (κ2) is 11.7. The lowest BCUT2D eigenvalue weighted by Crippen LogP contribution is -2.32. The number of fused-ring (bicyclic) bond motifs is 1. The summed E-state index contributed by atoms with van der Waals surface area (Å²) in [7, 11) is 0. The lowest BCUT2D eigenvalue weighted by molar-refractivity contribution is -0.136. The van der Waals surface area contributed by atoms with Crippen molar-refractivity contribution < 1.29 is 19.1 Å². The van der Waals surface area contributed by atoms with E-state index in [1.807, 2.05) is 43.3 Å². The van der Waals surface area contributed by atoms with Crippen molar-refractivity contribution in [1.29, 1.82) is 0 Å². The molecule has 9 heteroatoms. The summed E-state index contributed by atoms with van der Waals surface area (Å²) in [6, 6.07) is 22.4. The first-order valence-corrected chi connectivity index (χ1v) is 12.0. The van der Waals surface area contributed by atoms with Crippen LogP contribution in [-0.4, -0.2) is 24.0 Å². The number of nitrogens with one attached hydrogen (secondary N) is 2. The van der Waals surface area contributed by atoms with Gasteiger partial charge in [-0.2, -0.15) is 5.10 Å². The van der Waals surface area contributed by atoms with Crippen molar-refractivity contribution in [3.05, 3.63) is 106 Å². The third-order valence-electron chi connectivity index (χ3n) is 5.47. The van der Waals surface area contributed by atoms with E-state index in [2.05, 4.69) is 15.8 Å². The molecule has 186 valence electrons. The van der Waals surface area contributed by atoms with E-state index >= 15 is 0 Å². The molecule has 0 aliphatic heterocycles. The third-order valence-corrected chi connectivity index (χ3v) is 6.02. The summed E-state index contributed by atoms with van der Waals surface area (Å²) in [5, 5.41) is 8.56. The predicted octanol–water partition coefficient (Wildman–Crippen LogP) is 6.02. The van der Waals surface area contributed by atoms with Crippen LogP contribution in [0.25, 0.3) is 10.8 Å². The van der Waals surface area contributed by atoms with Crippen LogP contribution in [0.2, 0.25) is 10.0 Å². The number of amides is 2. The molecule has 0 spiro atoms. The second-order valence-electron chi connectivity index (χ2n) is 7.92. The van der Waals surface area contributed by atoms with Crippen molar-refractivity contribution in [3.63, 3.8) is 0 Å². The van der Waals surface area contributed by atoms with E-state index in [-0.39, 0.29) is 16.3 Å². The molecule has 0 aliphatic rings. The summed E-state index contributed by atoms with van der Waals surface area (Å²) >= 11 is 12.1. The fraction of sp³-hybridized carbons (Fsp3) is 0.0714. The molecule has 0 aromatic heterocycles. The van der Waals surface area contributed by atoms with E-state index in [0.717, 1.165) is 17.4 Å². The molecule has 0 bridgehead atoms. The smallest absolute Gasteiger partial charge is 0.345 e. The Kier molecular flexibility index (Phi) is 8.18. The standard InChI is InChI=1S/C28H21Cl2N3O4/c1-2-17-7-11-20(12-8-17)32-26(34)27(35)33-31-16-23-21-6-4-3-5-18(21)9-14-25(23)37-28(36)22-13-10-19(29)15-24(22)30/h3-16H,2H2,1H3,(H,32,34)(H,33,35)/b31-16-. The summed E-state index contributed by atoms with van der Waals surface area (Å²) < 4.78 is 5.61. The van der Waals surface area contributed by atoms with Gasteiger partial charge >= 0.3 is 17.8 Å². The first-order chi connectivity index (χ1) is 17.9. The molecule has 0 atom stereocenters. The number of hydrogen-bond donors (Lipinski definition) is 2. The van der Waals surface area contributed by atoms with Crippen molar-refractivity contribution in [1.82, 2.24) is 5.43 Å². The minimum Gasteiger partial charge on any atom is -0.422 e. The number of ether oxygens (including phenoxy) is 1. The van der Waals surface area contributed by atoms with Gasteiger partial charge in [0.05, 0.1) is 16.8 Å². The first kappa shape index (κ1) is 25.9. The monoisotopic (exact) mass is 533 g/mol. The van der Waals surface area contributed by atoms with Gasteiger partial charge in [-0.3, -0.25) is 9.59 Å². The van der Waals surface area contributed by atoms with Crippen LogP contribution < -0.4 is 15.5 Å². The quantitative estimate of drug-likeness (QED) is 0.104. The molecule has 0 saturated carbocycles. The third kappa shape index (κ3) is 6.33. The average molecular weight is 534 g/mol. The van der Waals surface area contributed by atoms with Gasteiger partial charge in [-0.15, -0.1) is 0 Å². The van der Waals surface area contributed by atoms with Gasteiger partial charge in [0.2, 0.25) is 0 Å². The number of nitrogens with zero attached hydrogens (tertiary/aromatic N) is 1. The topological polar surface area (TPSA) is 96.9 Å². The molecule has 0 unspecified atom stereocenters. The zero-order valence-corrected chi connectivity index (χ0v) is 21.1. The molecule has 0 fully saturated rings. The molecular formula is C28H21Cl2N3O4. The van der Waals surface area contributed by atoms with E-state index in [4.69, 9.17) is 27.9 Å². The van der Waals surface area contributed by atoms with Gasteiger partial charge in [-0.1, -0.05) is 72.6 Å². The summed E-state index contributed by atoms with van der Waals surface area (Å²) in [6.07, 6.45) is 2.18. The molecule has 0 radical (unpaired) electrons. The minimum atomic E-state index is -0.956. The second-order valence-corrected chi connectivity index (χ2v) is 8.76. The van der Waals surface area contributed by atoms with Crippen molar-refractivity contribution in [2.24, 2.45) is 5.10 Å². The summed E-state index contributed by atoms with van der Waals surface area (Å²) in [5.41, 5.74) is 4.37. The Hall–Kier alpha value is -4.20. The van der Waals surface area contributed by atoms with E-state index in [9.17, 15) is 14.4 Å². The van der Waals surface area contributed by atoms with Crippen molar-refractivity contribution in [2.45, 2.75) is 13.3 Å². The highest BCUT2D eigenvalue weighted by atomic mass is 35.5. The molecule has 4 aromatic carbocycles. The van der Waals surface area contributed by atoms with E-state index in [1.165, 1.54) is 24.4 Å². The van der Waals surface area contributed by atoms with Crippen LogP contribution in [0.3, 0.4) is 0 Å². The largest absolute Gasteiger partial charge is 0.422 e. The lowest BCUT2D eigenvalue weighted by atomic mass is 10.0. The number of hydrazone groups is 1. The zero-order chi connectivity index (χ0) is 26.4. The van der Waals surface area contributed by atoms with Gasteiger partial charge in [0.1, 0.15) is 5.75 Å². The fourth-order valence-corrected chi connectivity index (χ4v) is 4.01. The van der Waals surface area contributed by atoms with Gasteiger partial charge in [-0.25, -0.2) is 10.2 Å². The molecule has 4 aromatic rings. The Balaban J connectivity index is 1.53. The summed E-state index contributed by atoms with van der Waals surface area (Å²) in [5.74, 6) is -2.33. The number of anilines is 1. The van der Waals surface area contributed by atoms with Gasteiger partial charge in [0.15, 0.2) is 0 Å². The van der Waals surface area contributed by atoms with Crippen LogP contribution >= 0.6 is 23.2 Å². The number of benzene rings is 4. The molecule has 37 heavy (non-hydrogen) atoms. The predicted molar refractivity (Wildman–Crippen MR) is 146 cm³/mol. The fourth-order valence-electron chi connectivity index (χ4n) is 3.53. The molecule has 0 heterocycles. The summed E-state index contributed by atoms with van der Waals surface area (Å²) in [6.45, 7) is 2.02. The van der Waals surface area contributed by atoms with Crippen molar-refractivity contribution >= 4 is 63.7 Å². The maximum atomic E-state index is 12.8. The Labute approximate surface area is 223 Å². The van der Waals surface area contributed by atoms with E-state index in [0.29, 0.717) is 21.7 Å². The molecule has 2 amide bonds. The summed E-state index contributed by atoms with van der Waals surface area (Å²) in [4.78, 5) is 37.4. The Morgan fingerprint density at radius 3 is 2.41 bits per heavy atom. The molecule has 0 saturated heterocycles. The van der Waals surface area contributed by atoms with Gasteiger partial charge in [0, 0.05) is 16.3 Å². The van der Waals surface area contributed by atoms with Crippen LogP contribution in [0.1, 0.15) is 28.4 Å². The van der Waals surface area contributed by atoms with E-state index < -0.39 is 17.8 Å². The average Bonchev–Trinajstić information content (AvgIpc) is 2.89. The maximum Gasteiger partial charge on any atom is 0.345 e.